The molecule has 0 spiro atoms. The van der Waals surface area contributed by atoms with Crippen LogP contribution in [0, 0.1) is 5.92 Å². The molecule has 0 saturated carbocycles. The van der Waals surface area contributed by atoms with Crippen LogP contribution >= 0.6 is 11.6 Å². The smallest absolute Gasteiger partial charge is 0.264 e. The van der Waals surface area contributed by atoms with Gasteiger partial charge in [-0.05, 0) is 54.3 Å². The number of benzene rings is 3. The Morgan fingerprint density at radius 3 is 2.64 bits per heavy atom. The van der Waals surface area contributed by atoms with Crippen LogP contribution in [0.15, 0.2) is 91.1 Å². The number of aliphatic hydroxyl groups excluding tert-OH is 1. The topological polar surface area (TPSA) is 112 Å². The van der Waals surface area contributed by atoms with Crippen LogP contribution in [0.1, 0.15) is 54.5 Å². The van der Waals surface area contributed by atoms with Crippen molar-refractivity contribution in [2.24, 2.45) is 5.92 Å². The highest BCUT2D eigenvalue weighted by Crippen LogP contribution is 2.47. The zero-order valence-corrected chi connectivity index (χ0v) is 25.8. The van der Waals surface area contributed by atoms with Gasteiger partial charge < -0.3 is 20.0 Å². The predicted molar refractivity (Wildman–Crippen MR) is 173 cm³/mol. The Labute approximate surface area is 267 Å². The molecule has 3 aromatic carbocycles. The van der Waals surface area contributed by atoms with Crippen LogP contribution in [0.5, 0.6) is 0 Å². The van der Waals surface area contributed by atoms with Gasteiger partial charge in [0.25, 0.3) is 5.91 Å². The van der Waals surface area contributed by atoms with Gasteiger partial charge in [-0.15, -0.1) is 5.10 Å². The van der Waals surface area contributed by atoms with Crippen molar-refractivity contribution >= 4 is 34.8 Å². The standard InChI is InChI=1S/C35H36ClN5O4/c1-24(9-5-6-17-39-22-31(37-38-39)29(23-42)26-11-3-2-4-12-26)35(45)30-20-27(36)15-16-32(30)41(34(35)44)21-25-10-7-13-28(19-25)40-18-8-14-33(40)43/h2-5,7,9-13,15-16,19-20,22,24,29,42,45H,6,8,14,17-18,21,23H2,1H3/b9-5+/t24-,29?,35+/m1/s1. The number of carbonyl (C=O) groups is 2. The Bertz CT molecular complexity index is 1720. The van der Waals surface area contributed by atoms with E-state index in [1.165, 1.54) is 0 Å². The summed E-state index contributed by atoms with van der Waals surface area (Å²) in [5.74, 6) is -1.12. The van der Waals surface area contributed by atoms with E-state index in [2.05, 4.69) is 10.3 Å². The van der Waals surface area contributed by atoms with Gasteiger partial charge in [0.15, 0.2) is 5.60 Å². The van der Waals surface area contributed by atoms with E-state index in [-0.39, 0.29) is 25.0 Å². The van der Waals surface area contributed by atoms with Gasteiger partial charge in [-0.2, -0.15) is 0 Å². The number of hydrogen-bond acceptors (Lipinski definition) is 6. The number of nitrogens with zero attached hydrogens (tertiary/aromatic N) is 5. The highest BCUT2D eigenvalue weighted by molar-refractivity contribution is 6.31. The molecule has 3 atom stereocenters. The first kappa shape index (κ1) is 30.7. The number of anilines is 2. The Balaban J connectivity index is 1.16. The fourth-order valence-corrected chi connectivity index (χ4v) is 6.46. The molecule has 3 heterocycles. The summed E-state index contributed by atoms with van der Waals surface area (Å²) in [6.45, 7) is 3.22. The van der Waals surface area contributed by atoms with Gasteiger partial charge in [0.05, 0.1) is 30.5 Å². The maximum Gasteiger partial charge on any atom is 0.264 e. The second kappa shape index (κ2) is 13.0. The molecule has 10 heteroatoms. The third-order valence-electron chi connectivity index (χ3n) is 8.77. The molecule has 1 fully saturated rings. The zero-order valence-electron chi connectivity index (χ0n) is 25.1. The minimum absolute atomic E-state index is 0.0706. The third-order valence-corrected chi connectivity index (χ3v) is 9.01. The SMILES string of the molecule is C[C@H](/C=C/CCn1cc(C(CO)c2ccccc2)nn1)[C@@]1(O)C(=O)N(Cc2cccc(N3CCCC3=O)c2)c2ccc(Cl)cc21. The fourth-order valence-electron chi connectivity index (χ4n) is 6.29. The van der Waals surface area contributed by atoms with Crippen LogP contribution in [-0.2, 0) is 28.3 Å². The van der Waals surface area contributed by atoms with E-state index in [0.717, 1.165) is 23.2 Å². The minimum atomic E-state index is -1.80. The Morgan fingerprint density at radius 1 is 1.07 bits per heavy atom. The summed E-state index contributed by atoms with van der Waals surface area (Å²) in [4.78, 5) is 29.7. The van der Waals surface area contributed by atoms with Crippen molar-refractivity contribution in [2.45, 2.75) is 50.8 Å². The highest BCUT2D eigenvalue weighted by atomic mass is 35.5. The molecular formula is C35H36ClN5O4. The molecule has 9 nitrogen and oxygen atoms in total. The van der Waals surface area contributed by atoms with E-state index >= 15 is 0 Å². The number of halogens is 1. The molecule has 0 radical (unpaired) electrons. The molecule has 1 aromatic heterocycles. The first-order valence-corrected chi connectivity index (χ1v) is 15.6. The molecule has 0 bridgehead atoms. The van der Waals surface area contributed by atoms with Gasteiger partial charge in [-0.1, -0.05) is 78.4 Å². The van der Waals surface area contributed by atoms with Crippen LogP contribution in [0.4, 0.5) is 11.4 Å². The van der Waals surface area contributed by atoms with Crippen molar-refractivity contribution in [1.82, 2.24) is 15.0 Å². The van der Waals surface area contributed by atoms with Gasteiger partial charge in [-0.3, -0.25) is 14.3 Å². The van der Waals surface area contributed by atoms with Crippen LogP contribution in [-0.4, -0.2) is 50.2 Å². The van der Waals surface area contributed by atoms with E-state index in [4.69, 9.17) is 11.6 Å². The first-order valence-electron chi connectivity index (χ1n) is 15.3. The average molecular weight is 626 g/mol. The lowest BCUT2D eigenvalue weighted by molar-refractivity contribution is -0.139. The predicted octanol–water partition coefficient (Wildman–Crippen LogP) is 5.20. The number of allylic oxidation sites excluding steroid dienone is 1. The van der Waals surface area contributed by atoms with Gasteiger partial charge in [0, 0.05) is 47.9 Å². The first-order chi connectivity index (χ1) is 21.8. The quantitative estimate of drug-likeness (QED) is 0.222. The van der Waals surface area contributed by atoms with E-state index in [9.17, 15) is 19.8 Å². The van der Waals surface area contributed by atoms with Crippen LogP contribution in [0.25, 0.3) is 0 Å². The molecular weight excluding hydrogens is 590 g/mol. The normalized spacial score (nSPS) is 19.5. The maximum atomic E-state index is 14.0. The summed E-state index contributed by atoms with van der Waals surface area (Å²) in [6.07, 6.45) is 7.59. The lowest BCUT2D eigenvalue weighted by Gasteiger charge is -2.28. The fraction of sp³-hybridized carbons (Fsp3) is 0.314. The van der Waals surface area contributed by atoms with Crippen LogP contribution < -0.4 is 9.80 Å². The maximum absolute atomic E-state index is 14.0. The van der Waals surface area contributed by atoms with Crippen molar-refractivity contribution in [3.05, 3.63) is 119 Å². The highest BCUT2D eigenvalue weighted by Gasteiger charge is 2.52. The summed E-state index contributed by atoms with van der Waals surface area (Å²) < 4.78 is 1.73. The molecule has 2 N–H and O–H groups in total. The molecule has 1 saturated heterocycles. The van der Waals surface area contributed by atoms with Crippen molar-refractivity contribution in [3.8, 4) is 0 Å². The van der Waals surface area contributed by atoms with Crippen molar-refractivity contribution in [2.75, 3.05) is 23.0 Å². The molecule has 232 valence electrons. The molecule has 4 aromatic rings. The Kier molecular flexibility index (Phi) is 8.85. The molecule has 0 aliphatic carbocycles. The zero-order chi connectivity index (χ0) is 31.6. The van der Waals surface area contributed by atoms with Gasteiger partial charge in [0.1, 0.15) is 0 Å². The lowest BCUT2D eigenvalue weighted by Crippen LogP contribution is -2.44. The van der Waals surface area contributed by atoms with E-state index in [0.29, 0.717) is 47.9 Å². The number of rotatable bonds is 11. The summed E-state index contributed by atoms with van der Waals surface area (Å²) >= 11 is 6.36. The molecule has 45 heavy (non-hydrogen) atoms. The van der Waals surface area contributed by atoms with E-state index in [1.54, 1.807) is 32.7 Å². The monoisotopic (exact) mass is 625 g/mol. The number of amides is 2. The Hall–Kier alpha value is -4.31. The average Bonchev–Trinajstić information content (AvgIpc) is 3.75. The summed E-state index contributed by atoms with van der Waals surface area (Å²) in [6, 6.07) is 22.5. The molecule has 6 rings (SSSR count). The molecule has 2 amide bonds. The summed E-state index contributed by atoms with van der Waals surface area (Å²) in [7, 11) is 0. The second-order valence-electron chi connectivity index (χ2n) is 11.7. The van der Waals surface area contributed by atoms with Crippen LogP contribution in [0.3, 0.4) is 0 Å². The van der Waals surface area contributed by atoms with E-state index in [1.807, 2.05) is 79.9 Å². The van der Waals surface area contributed by atoms with Crippen molar-refractivity contribution < 1.29 is 19.8 Å². The molecule has 2 aliphatic heterocycles. The second-order valence-corrected chi connectivity index (χ2v) is 12.1. The lowest BCUT2D eigenvalue weighted by atomic mass is 9.83. The van der Waals surface area contributed by atoms with E-state index < -0.39 is 17.4 Å². The number of aromatic nitrogens is 3. The van der Waals surface area contributed by atoms with Crippen molar-refractivity contribution in [1.29, 1.82) is 0 Å². The van der Waals surface area contributed by atoms with Gasteiger partial charge >= 0.3 is 0 Å². The summed E-state index contributed by atoms with van der Waals surface area (Å²) in [5, 5.41) is 30.9. The minimum Gasteiger partial charge on any atom is -0.395 e. The molecule has 1 unspecified atom stereocenters. The Morgan fingerprint density at radius 2 is 1.89 bits per heavy atom. The number of hydrogen-bond donors (Lipinski definition) is 2. The molecule has 2 aliphatic rings. The van der Waals surface area contributed by atoms with Gasteiger partial charge in [-0.25, -0.2) is 0 Å². The third kappa shape index (κ3) is 6.03. The number of fused-ring (bicyclic) bond motifs is 1. The number of aliphatic hydroxyl groups is 2. The largest absolute Gasteiger partial charge is 0.395 e. The number of aryl methyl sites for hydroxylation is 1. The van der Waals surface area contributed by atoms with Gasteiger partial charge in [0.2, 0.25) is 5.91 Å². The number of carbonyl (C=O) groups excluding carboxylic acids is 2. The summed E-state index contributed by atoms with van der Waals surface area (Å²) in [5.41, 5.74) is 2.62. The van der Waals surface area contributed by atoms with Crippen LogP contribution in [0.2, 0.25) is 5.02 Å². The van der Waals surface area contributed by atoms with Crippen molar-refractivity contribution in [3.63, 3.8) is 0 Å².